The number of benzene rings is 2. The number of sulfonamides is 1. The highest BCUT2D eigenvalue weighted by Gasteiger charge is 2.31. The maximum Gasteiger partial charge on any atom is 0.255 e. The standard InChI is InChI=1S/C20H23ClN2O3S/c1-14-9-10-18(27(25,26)23-11-4-3-6-15(23)2)13-19(14)20(24)22-17-8-5-7-16(21)12-17/h5,7-10,12-13,15H,3-4,6,11H2,1-2H3,(H,22,24). The zero-order valence-electron chi connectivity index (χ0n) is 15.4. The topological polar surface area (TPSA) is 66.5 Å². The number of nitrogens with one attached hydrogen (secondary N) is 1. The lowest BCUT2D eigenvalue weighted by Crippen LogP contribution is -2.42. The predicted octanol–water partition coefficient (Wildman–Crippen LogP) is 4.46. The monoisotopic (exact) mass is 406 g/mol. The summed E-state index contributed by atoms with van der Waals surface area (Å²) in [5.41, 5.74) is 1.60. The van der Waals surface area contributed by atoms with Crippen LogP contribution in [0, 0.1) is 6.92 Å². The van der Waals surface area contributed by atoms with Crippen molar-refractivity contribution in [2.45, 2.75) is 44.0 Å². The summed E-state index contributed by atoms with van der Waals surface area (Å²) < 4.78 is 27.7. The van der Waals surface area contributed by atoms with Crippen molar-refractivity contribution in [2.24, 2.45) is 0 Å². The minimum atomic E-state index is -3.63. The number of piperidine rings is 1. The van der Waals surface area contributed by atoms with E-state index in [9.17, 15) is 13.2 Å². The lowest BCUT2D eigenvalue weighted by Gasteiger charge is -2.32. The smallest absolute Gasteiger partial charge is 0.255 e. The second kappa shape index (κ2) is 8.00. The van der Waals surface area contributed by atoms with Crippen molar-refractivity contribution in [1.82, 2.24) is 4.31 Å². The second-order valence-electron chi connectivity index (χ2n) is 6.90. The van der Waals surface area contributed by atoms with Crippen LogP contribution in [0.3, 0.4) is 0 Å². The lowest BCUT2D eigenvalue weighted by atomic mass is 10.1. The van der Waals surface area contributed by atoms with Crippen LogP contribution in [0.25, 0.3) is 0 Å². The van der Waals surface area contributed by atoms with Gasteiger partial charge in [0.1, 0.15) is 0 Å². The number of hydrogen-bond donors (Lipinski definition) is 1. The third kappa shape index (κ3) is 4.34. The van der Waals surface area contributed by atoms with E-state index < -0.39 is 10.0 Å². The fraction of sp³-hybridized carbons (Fsp3) is 0.350. The van der Waals surface area contributed by atoms with Crippen LogP contribution < -0.4 is 5.32 Å². The Morgan fingerprint density at radius 3 is 2.67 bits per heavy atom. The molecule has 2 aromatic carbocycles. The Morgan fingerprint density at radius 2 is 1.96 bits per heavy atom. The zero-order valence-corrected chi connectivity index (χ0v) is 17.0. The van der Waals surface area contributed by atoms with Gasteiger partial charge in [-0.3, -0.25) is 4.79 Å². The van der Waals surface area contributed by atoms with E-state index in [1.165, 1.54) is 6.07 Å². The molecule has 0 saturated carbocycles. The summed E-state index contributed by atoms with van der Waals surface area (Å²) >= 11 is 5.95. The molecule has 1 N–H and O–H groups in total. The Bertz CT molecular complexity index is 959. The number of amides is 1. The van der Waals surface area contributed by atoms with Gasteiger partial charge in [0.05, 0.1) is 4.90 Å². The molecule has 1 fully saturated rings. The number of anilines is 1. The molecule has 1 heterocycles. The number of aryl methyl sites for hydroxylation is 1. The Kier molecular flexibility index (Phi) is 5.89. The van der Waals surface area contributed by atoms with E-state index in [2.05, 4.69) is 5.32 Å². The molecule has 1 atom stereocenters. The van der Waals surface area contributed by atoms with Crippen molar-refractivity contribution in [1.29, 1.82) is 0 Å². The third-order valence-corrected chi connectivity index (χ3v) is 7.13. The first-order valence-electron chi connectivity index (χ1n) is 8.98. The summed E-state index contributed by atoms with van der Waals surface area (Å²) in [6.07, 6.45) is 2.75. The molecule has 2 aromatic rings. The van der Waals surface area contributed by atoms with Crippen LogP contribution in [0.1, 0.15) is 42.1 Å². The molecular weight excluding hydrogens is 384 g/mol. The van der Waals surface area contributed by atoms with Crippen LogP contribution in [0.4, 0.5) is 5.69 Å². The van der Waals surface area contributed by atoms with Crippen molar-refractivity contribution >= 4 is 33.2 Å². The van der Waals surface area contributed by atoms with Crippen molar-refractivity contribution in [2.75, 3.05) is 11.9 Å². The SMILES string of the molecule is Cc1ccc(S(=O)(=O)N2CCCCC2C)cc1C(=O)Nc1cccc(Cl)c1. The second-order valence-corrected chi connectivity index (χ2v) is 9.23. The summed E-state index contributed by atoms with van der Waals surface area (Å²) in [4.78, 5) is 12.9. The number of carbonyl (C=O) groups excluding carboxylic acids is 1. The van der Waals surface area contributed by atoms with Gasteiger partial charge >= 0.3 is 0 Å². The predicted molar refractivity (Wildman–Crippen MR) is 108 cm³/mol. The van der Waals surface area contributed by atoms with Gasteiger partial charge in [-0.2, -0.15) is 4.31 Å². The van der Waals surface area contributed by atoms with Crippen LogP contribution in [0.15, 0.2) is 47.4 Å². The molecule has 0 bridgehead atoms. The third-order valence-electron chi connectivity index (χ3n) is 4.88. The van der Waals surface area contributed by atoms with E-state index in [-0.39, 0.29) is 16.8 Å². The highest BCUT2D eigenvalue weighted by molar-refractivity contribution is 7.89. The van der Waals surface area contributed by atoms with E-state index in [4.69, 9.17) is 11.6 Å². The van der Waals surface area contributed by atoms with Gasteiger partial charge in [-0.05, 0) is 62.6 Å². The van der Waals surface area contributed by atoms with Gasteiger partial charge in [0.15, 0.2) is 0 Å². The van der Waals surface area contributed by atoms with Crippen LogP contribution in [-0.4, -0.2) is 31.2 Å². The Labute approximate surface area is 165 Å². The average Bonchev–Trinajstić information content (AvgIpc) is 2.62. The lowest BCUT2D eigenvalue weighted by molar-refractivity contribution is 0.102. The van der Waals surface area contributed by atoms with E-state index in [0.717, 1.165) is 19.3 Å². The molecule has 0 radical (unpaired) electrons. The molecule has 0 spiro atoms. The summed E-state index contributed by atoms with van der Waals surface area (Å²) in [6, 6.07) is 11.5. The molecule has 0 aliphatic carbocycles. The van der Waals surface area contributed by atoms with Crippen LogP contribution in [-0.2, 0) is 10.0 Å². The number of hydrogen-bond acceptors (Lipinski definition) is 3. The van der Waals surface area contributed by atoms with Gasteiger partial charge in [-0.25, -0.2) is 8.42 Å². The van der Waals surface area contributed by atoms with E-state index in [0.29, 0.717) is 28.4 Å². The van der Waals surface area contributed by atoms with Gasteiger partial charge in [-0.15, -0.1) is 0 Å². The van der Waals surface area contributed by atoms with Gasteiger partial charge in [-0.1, -0.05) is 30.2 Å². The summed E-state index contributed by atoms with van der Waals surface area (Å²) in [5.74, 6) is -0.362. The highest BCUT2D eigenvalue weighted by atomic mass is 35.5. The van der Waals surface area contributed by atoms with Crippen LogP contribution in [0.5, 0.6) is 0 Å². The fourth-order valence-electron chi connectivity index (χ4n) is 3.34. The summed E-state index contributed by atoms with van der Waals surface area (Å²) in [7, 11) is -3.63. The molecule has 27 heavy (non-hydrogen) atoms. The van der Waals surface area contributed by atoms with Crippen molar-refractivity contribution in [3.8, 4) is 0 Å². The maximum atomic E-state index is 13.1. The number of rotatable bonds is 4. The van der Waals surface area contributed by atoms with Crippen LogP contribution >= 0.6 is 11.6 Å². The molecule has 0 aromatic heterocycles. The van der Waals surface area contributed by atoms with Gasteiger partial charge < -0.3 is 5.32 Å². The average molecular weight is 407 g/mol. The first-order chi connectivity index (χ1) is 12.8. The molecule has 5 nitrogen and oxygen atoms in total. The van der Waals surface area contributed by atoms with Crippen molar-refractivity contribution < 1.29 is 13.2 Å². The Balaban J connectivity index is 1.90. The highest BCUT2D eigenvalue weighted by Crippen LogP contribution is 2.27. The first-order valence-corrected chi connectivity index (χ1v) is 10.8. The zero-order chi connectivity index (χ0) is 19.6. The minimum absolute atomic E-state index is 0.0335. The van der Waals surface area contributed by atoms with E-state index in [1.54, 1.807) is 47.6 Å². The molecule has 1 amide bonds. The largest absolute Gasteiger partial charge is 0.322 e. The number of carbonyl (C=O) groups is 1. The normalized spacial score (nSPS) is 18.3. The Hall–Kier alpha value is -1.89. The van der Waals surface area contributed by atoms with E-state index >= 15 is 0 Å². The molecule has 7 heteroatoms. The summed E-state index contributed by atoms with van der Waals surface area (Å²) in [6.45, 7) is 4.23. The van der Waals surface area contributed by atoms with Gasteiger partial charge in [0, 0.05) is 28.9 Å². The van der Waals surface area contributed by atoms with Crippen LogP contribution in [0.2, 0.25) is 5.02 Å². The minimum Gasteiger partial charge on any atom is -0.322 e. The molecular formula is C20H23ClN2O3S. The van der Waals surface area contributed by atoms with E-state index in [1.807, 2.05) is 6.92 Å². The number of halogens is 1. The fourth-order valence-corrected chi connectivity index (χ4v) is 5.25. The first kappa shape index (κ1) is 19.9. The van der Waals surface area contributed by atoms with Gasteiger partial charge in [0.25, 0.3) is 5.91 Å². The molecule has 1 aliphatic heterocycles. The molecule has 1 aliphatic rings. The van der Waals surface area contributed by atoms with Crippen molar-refractivity contribution in [3.63, 3.8) is 0 Å². The van der Waals surface area contributed by atoms with Gasteiger partial charge in [0.2, 0.25) is 10.0 Å². The van der Waals surface area contributed by atoms with Crippen molar-refractivity contribution in [3.05, 3.63) is 58.6 Å². The summed E-state index contributed by atoms with van der Waals surface area (Å²) in [5, 5.41) is 3.29. The maximum absolute atomic E-state index is 13.1. The molecule has 3 rings (SSSR count). The number of nitrogens with zero attached hydrogens (tertiary/aromatic N) is 1. The molecule has 1 saturated heterocycles. The quantitative estimate of drug-likeness (QED) is 0.814. The molecule has 1 unspecified atom stereocenters. The Morgan fingerprint density at radius 1 is 1.19 bits per heavy atom. The molecule has 144 valence electrons.